The number of carbonyl (C=O) groups excluding carboxylic acids is 1. The van der Waals surface area contributed by atoms with Crippen molar-refractivity contribution in [2.24, 2.45) is 0 Å². The van der Waals surface area contributed by atoms with E-state index in [1.807, 2.05) is 0 Å². The van der Waals surface area contributed by atoms with E-state index >= 15 is 0 Å². The summed E-state index contributed by atoms with van der Waals surface area (Å²) in [4.78, 5) is 21.9. The lowest BCUT2D eigenvalue weighted by molar-refractivity contribution is -0.384. The Morgan fingerprint density at radius 3 is 2.79 bits per heavy atom. The van der Waals surface area contributed by atoms with Gasteiger partial charge in [0.1, 0.15) is 23.4 Å². The van der Waals surface area contributed by atoms with Crippen molar-refractivity contribution in [1.82, 2.24) is 5.32 Å². The van der Waals surface area contributed by atoms with Crippen molar-refractivity contribution >= 4 is 17.3 Å². The first-order valence-corrected chi connectivity index (χ1v) is 5.73. The van der Waals surface area contributed by atoms with E-state index in [9.17, 15) is 14.9 Å². The maximum Gasteiger partial charge on any atom is 0.309 e. The highest BCUT2D eigenvalue weighted by Crippen LogP contribution is 2.28. The standard InChI is InChI=1S/C12H14N4O3/c1-3-14-12(17)8(2)15-10-6-4-5-9(7-13)11(10)16(18)19/h4-6,8,15H,3H2,1-2H3,(H,14,17). The molecule has 1 aromatic carbocycles. The number of nitrogens with zero attached hydrogens (tertiary/aromatic N) is 2. The summed E-state index contributed by atoms with van der Waals surface area (Å²) in [5, 5.41) is 25.2. The normalized spacial score (nSPS) is 11.2. The second-order valence-electron chi connectivity index (χ2n) is 3.83. The van der Waals surface area contributed by atoms with Crippen LogP contribution in [0, 0.1) is 21.4 Å². The SMILES string of the molecule is CCNC(=O)C(C)Nc1cccc(C#N)c1[N+](=O)[O-]. The molecule has 1 unspecified atom stereocenters. The number of rotatable bonds is 5. The van der Waals surface area contributed by atoms with Crippen LogP contribution in [0.4, 0.5) is 11.4 Å². The predicted molar refractivity (Wildman–Crippen MR) is 69.6 cm³/mol. The van der Waals surface area contributed by atoms with Crippen LogP contribution in [-0.4, -0.2) is 23.4 Å². The molecule has 100 valence electrons. The number of nitro benzene ring substituents is 1. The summed E-state index contributed by atoms with van der Waals surface area (Å²) in [5.74, 6) is -0.265. The molecule has 0 saturated carbocycles. The Labute approximate surface area is 110 Å². The molecule has 0 spiro atoms. The Balaban J connectivity index is 3.05. The maximum atomic E-state index is 11.6. The second-order valence-corrected chi connectivity index (χ2v) is 3.83. The van der Waals surface area contributed by atoms with Crippen LogP contribution in [-0.2, 0) is 4.79 Å². The first kappa shape index (κ1) is 14.4. The van der Waals surface area contributed by atoms with Gasteiger partial charge in [0.05, 0.1) is 4.92 Å². The Kier molecular flexibility index (Phi) is 4.83. The quantitative estimate of drug-likeness (QED) is 0.616. The summed E-state index contributed by atoms with van der Waals surface area (Å²) in [6, 6.07) is 5.49. The van der Waals surface area contributed by atoms with Gasteiger partial charge >= 0.3 is 5.69 Å². The van der Waals surface area contributed by atoms with Gasteiger partial charge in [0.2, 0.25) is 5.91 Å². The molecule has 0 aromatic heterocycles. The summed E-state index contributed by atoms with van der Waals surface area (Å²) in [7, 11) is 0. The molecule has 0 heterocycles. The summed E-state index contributed by atoms with van der Waals surface area (Å²) in [6.45, 7) is 3.85. The molecule has 0 aliphatic heterocycles. The van der Waals surface area contributed by atoms with Crippen molar-refractivity contribution in [2.45, 2.75) is 19.9 Å². The van der Waals surface area contributed by atoms with E-state index < -0.39 is 11.0 Å². The number of anilines is 1. The molecule has 1 atom stereocenters. The minimum atomic E-state index is -0.634. The molecule has 1 amide bonds. The van der Waals surface area contributed by atoms with Crippen LogP contribution in [0.15, 0.2) is 18.2 Å². The lowest BCUT2D eigenvalue weighted by atomic mass is 10.1. The molecule has 0 aliphatic carbocycles. The number of benzene rings is 1. The largest absolute Gasteiger partial charge is 0.368 e. The van der Waals surface area contributed by atoms with Gasteiger partial charge in [0.15, 0.2) is 0 Å². The van der Waals surface area contributed by atoms with Crippen LogP contribution >= 0.6 is 0 Å². The average Bonchev–Trinajstić information content (AvgIpc) is 2.38. The number of likely N-dealkylation sites (N-methyl/N-ethyl adjacent to an activating group) is 1. The van der Waals surface area contributed by atoms with Gasteiger partial charge in [-0.25, -0.2) is 0 Å². The second kappa shape index (κ2) is 6.35. The summed E-state index contributed by atoms with van der Waals surface area (Å²) in [6.07, 6.45) is 0. The fourth-order valence-electron chi connectivity index (χ4n) is 1.57. The number of hydrogen-bond acceptors (Lipinski definition) is 5. The number of nitro groups is 1. The maximum absolute atomic E-state index is 11.6. The fraction of sp³-hybridized carbons (Fsp3) is 0.333. The molecule has 1 rings (SSSR count). The Morgan fingerprint density at radius 2 is 2.26 bits per heavy atom. The van der Waals surface area contributed by atoms with Crippen LogP contribution in [0.3, 0.4) is 0 Å². The molecular weight excluding hydrogens is 248 g/mol. The van der Waals surface area contributed by atoms with Gasteiger partial charge < -0.3 is 10.6 Å². The van der Waals surface area contributed by atoms with Crippen LogP contribution in [0.1, 0.15) is 19.4 Å². The van der Waals surface area contributed by atoms with E-state index in [2.05, 4.69) is 10.6 Å². The lowest BCUT2D eigenvalue weighted by Crippen LogP contribution is -2.37. The van der Waals surface area contributed by atoms with Crippen LogP contribution in [0.5, 0.6) is 0 Å². The Hall–Kier alpha value is -2.62. The van der Waals surface area contributed by atoms with E-state index in [0.29, 0.717) is 6.54 Å². The third-order valence-corrected chi connectivity index (χ3v) is 2.46. The molecule has 0 saturated heterocycles. The highest BCUT2D eigenvalue weighted by atomic mass is 16.6. The van der Waals surface area contributed by atoms with Crippen molar-refractivity contribution in [3.63, 3.8) is 0 Å². The number of para-hydroxylation sites is 1. The monoisotopic (exact) mass is 262 g/mol. The van der Waals surface area contributed by atoms with Crippen molar-refractivity contribution in [1.29, 1.82) is 5.26 Å². The van der Waals surface area contributed by atoms with Gasteiger partial charge in [-0.2, -0.15) is 5.26 Å². The first-order valence-electron chi connectivity index (χ1n) is 5.73. The van der Waals surface area contributed by atoms with Gasteiger partial charge in [-0.15, -0.1) is 0 Å². The third kappa shape index (κ3) is 3.42. The van der Waals surface area contributed by atoms with Gasteiger partial charge in [0, 0.05) is 6.54 Å². The molecule has 7 heteroatoms. The molecule has 0 aliphatic rings. The van der Waals surface area contributed by atoms with Crippen molar-refractivity contribution in [3.05, 3.63) is 33.9 Å². The van der Waals surface area contributed by atoms with Crippen molar-refractivity contribution in [2.75, 3.05) is 11.9 Å². The third-order valence-electron chi connectivity index (χ3n) is 2.46. The zero-order valence-electron chi connectivity index (χ0n) is 10.6. The molecule has 7 nitrogen and oxygen atoms in total. The molecule has 0 fully saturated rings. The van der Waals surface area contributed by atoms with Crippen LogP contribution < -0.4 is 10.6 Å². The van der Waals surface area contributed by atoms with E-state index in [1.54, 1.807) is 19.9 Å². The van der Waals surface area contributed by atoms with E-state index in [-0.39, 0.29) is 22.8 Å². The Morgan fingerprint density at radius 1 is 1.58 bits per heavy atom. The highest BCUT2D eigenvalue weighted by Gasteiger charge is 2.22. The fourth-order valence-corrected chi connectivity index (χ4v) is 1.57. The molecule has 0 bridgehead atoms. The first-order chi connectivity index (χ1) is 9.01. The summed E-state index contributed by atoms with van der Waals surface area (Å²) < 4.78 is 0. The van der Waals surface area contributed by atoms with Crippen LogP contribution in [0.2, 0.25) is 0 Å². The molecule has 1 aromatic rings. The summed E-state index contributed by atoms with van der Waals surface area (Å²) >= 11 is 0. The predicted octanol–water partition coefficient (Wildman–Crippen LogP) is 1.40. The van der Waals surface area contributed by atoms with Gasteiger partial charge in [0.25, 0.3) is 0 Å². The number of hydrogen-bond donors (Lipinski definition) is 2. The number of carbonyl (C=O) groups is 1. The highest BCUT2D eigenvalue weighted by molar-refractivity contribution is 5.85. The summed E-state index contributed by atoms with van der Waals surface area (Å²) in [5.41, 5.74) is -0.206. The van der Waals surface area contributed by atoms with Gasteiger partial charge in [-0.1, -0.05) is 6.07 Å². The van der Waals surface area contributed by atoms with Crippen molar-refractivity contribution in [3.8, 4) is 6.07 Å². The topological polar surface area (TPSA) is 108 Å². The average molecular weight is 262 g/mol. The number of nitriles is 1. The zero-order chi connectivity index (χ0) is 14.4. The zero-order valence-corrected chi connectivity index (χ0v) is 10.6. The minimum Gasteiger partial charge on any atom is -0.368 e. The number of amides is 1. The van der Waals surface area contributed by atoms with Crippen LogP contribution in [0.25, 0.3) is 0 Å². The Bertz CT molecular complexity index is 536. The lowest BCUT2D eigenvalue weighted by Gasteiger charge is -2.14. The molecular formula is C12H14N4O3. The van der Waals surface area contributed by atoms with E-state index in [0.717, 1.165) is 0 Å². The smallest absolute Gasteiger partial charge is 0.309 e. The minimum absolute atomic E-state index is 0.0434. The van der Waals surface area contributed by atoms with Gasteiger partial charge in [-0.3, -0.25) is 14.9 Å². The van der Waals surface area contributed by atoms with Gasteiger partial charge in [-0.05, 0) is 26.0 Å². The number of nitrogens with one attached hydrogen (secondary N) is 2. The van der Waals surface area contributed by atoms with Crippen molar-refractivity contribution < 1.29 is 9.72 Å². The molecule has 2 N–H and O–H groups in total. The van der Waals surface area contributed by atoms with E-state index in [1.165, 1.54) is 18.2 Å². The van der Waals surface area contributed by atoms with E-state index in [4.69, 9.17) is 5.26 Å². The molecule has 0 radical (unpaired) electrons. The molecule has 19 heavy (non-hydrogen) atoms.